The van der Waals surface area contributed by atoms with Crippen molar-refractivity contribution in [2.24, 2.45) is 0 Å². The van der Waals surface area contributed by atoms with Crippen LogP contribution in [0.5, 0.6) is 0 Å². The monoisotopic (exact) mass is 227 g/mol. The van der Waals surface area contributed by atoms with Crippen molar-refractivity contribution in [1.82, 2.24) is 4.90 Å². The predicted molar refractivity (Wildman–Crippen MR) is 60.4 cm³/mol. The van der Waals surface area contributed by atoms with Gasteiger partial charge < -0.3 is 10.2 Å². The highest BCUT2D eigenvalue weighted by Crippen LogP contribution is 2.11. The Morgan fingerprint density at radius 1 is 1.31 bits per heavy atom. The van der Waals surface area contributed by atoms with Crippen LogP contribution in [0.4, 0.5) is 4.39 Å². The zero-order valence-electron chi connectivity index (χ0n) is 9.43. The summed E-state index contributed by atoms with van der Waals surface area (Å²) in [5.41, 5.74) is 0.599. The van der Waals surface area contributed by atoms with Crippen molar-refractivity contribution in [2.45, 2.75) is 19.0 Å². The molecule has 90 valence electrons. The van der Waals surface area contributed by atoms with E-state index in [1.807, 2.05) is 11.9 Å². The van der Waals surface area contributed by atoms with E-state index in [1.165, 1.54) is 6.07 Å². The number of nitrogens with zero attached hydrogens (tertiary/aromatic N) is 1. The Labute approximate surface area is 95.1 Å². The van der Waals surface area contributed by atoms with Crippen LogP contribution in [-0.4, -0.2) is 41.4 Å². The van der Waals surface area contributed by atoms with Crippen molar-refractivity contribution >= 4 is 0 Å². The first-order valence-electron chi connectivity index (χ1n) is 5.34. The Morgan fingerprint density at radius 3 is 2.56 bits per heavy atom. The summed E-state index contributed by atoms with van der Waals surface area (Å²) in [4.78, 5) is 1.84. The second-order valence-electron chi connectivity index (χ2n) is 3.86. The Balaban J connectivity index is 2.62. The molecule has 2 N–H and O–H groups in total. The summed E-state index contributed by atoms with van der Waals surface area (Å²) in [6, 6.07) is 6.44. The second kappa shape index (κ2) is 6.58. The molecule has 1 unspecified atom stereocenters. The van der Waals surface area contributed by atoms with Gasteiger partial charge in [-0.2, -0.15) is 0 Å². The molecular formula is C12H18FNO2. The summed E-state index contributed by atoms with van der Waals surface area (Å²) in [6.07, 6.45) is 0.488. The molecule has 1 rings (SSSR count). The van der Waals surface area contributed by atoms with Gasteiger partial charge in [0.1, 0.15) is 5.82 Å². The van der Waals surface area contributed by atoms with E-state index >= 15 is 0 Å². The van der Waals surface area contributed by atoms with Gasteiger partial charge in [0.2, 0.25) is 0 Å². The van der Waals surface area contributed by atoms with E-state index in [4.69, 9.17) is 10.2 Å². The molecule has 1 aromatic rings. The summed E-state index contributed by atoms with van der Waals surface area (Å²) < 4.78 is 13.4. The van der Waals surface area contributed by atoms with Crippen LogP contribution in [0.1, 0.15) is 12.0 Å². The molecule has 0 aliphatic carbocycles. The van der Waals surface area contributed by atoms with Crippen LogP contribution in [0.3, 0.4) is 0 Å². The fourth-order valence-electron chi connectivity index (χ4n) is 1.62. The lowest BCUT2D eigenvalue weighted by atomic mass is 10.1. The van der Waals surface area contributed by atoms with Crippen LogP contribution >= 0.6 is 0 Å². The summed E-state index contributed by atoms with van der Waals surface area (Å²) >= 11 is 0. The minimum Gasteiger partial charge on any atom is -0.396 e. The molecule has 3 nitrogen and oxygen atoms in total. The highest BCUT2D eigenvalue weighted by atomic mass is 19.1. The minimum absolute atomic E-state index is 0.0207. The lowest BCUT2D eigenvalue weighted by molar-refractivity contribution is 0.114. The van der Waals surface area contributed by atoms with E-state index in [2.05, 4.69) is 0 Å². The van der Waals surface area contributed by atoms with Crippen LogP contribution < -0.4 is 0 Å². The normalized spacial score (nSPS) is 13.1. The predicted octanol–water partition coefficient (Wildman–Crippen LogP) is 1.00. The van der Waals surface area contributed by atoms with Crippen LogP contribution in [0.15, 0.2) is 24.3 Å². The van der Waals surface area contributed by atoms with Gasteiger partial charge in [0, 0.05) is 24.8 Å². The topological polar surface area (TPSA) is 43.7 Å². The highest BCUT2D eigenvalue weighted by molar-refractivity contribution is 5.17. The third-order valence-corrected chi connectivity index (χ3v) is 2.67. The minimum atomic E-state index is -0.241. The first-order chi connectivity index (χ1) is 7.69. The molecule has 4 heteroatoms. The molecule has 0 fully saturated rings. The maximum Gasteiger partial charge on any atom is 0.127 e. The van der Waals surface area contributed by atoms with E-state index in [1.54, 1.807) is 18.2 Å². The maximum atomic E-state index is 13.4. The molecule has 0 radical (unpaired) electrons. The zero-order valence-corrected chi connectivity index (χ0v) is 9.43. The van der Waals surface area contributed by atoms with Crippen molar-refractivity contribution in [1.29, 1.82) is 0 Å². The lowest BCUT2D eigenvalue weighted by Crippen LogP contribution is -2.35. The number of benzene rings is 1. The van der Waals surface area contributed by atoms with Crippen molar-refractivity contribution in [3.63, 3.8) is 0 Å². The Kier molecular flexibility index (Phi) is 5.38. The molecule has 0 amide bonds. The van der Waals surface area contributed by atoms with Gasteiger partial charge in [-0.3, -0.25) is 4.90 Å². The molecule has 0 aromatic heterocycles. The molecule has 0 saturated carbocycles. The van der Waals surface area contributed by atoms with E-state index < -0.39 is 0 Å². The van der Waals surface area contributed by atoms with Crippen LogP contribution in [-0.2, 0) is 6.54 Å². The van der Waals surface area contributed by atoms with Gasteiger partial charge in [-0.15, -0.1) is 0 Å². The first kappa shape index (κ1) is 13.1. The van der Waals surface area contributed by atoms with Crippen molar-refractivity contribution in [2.75, 3.05) is 20.3 Å². The summed E-state index contributed by atoms with van der Waals surface area (Å²) in [6.45, 7) is 0.413. The number of hydrogen-bond acceptors (Lipinski definition) is 3. The SMILES string of the molecule is CN(Cc1ccccc1F)C(CO)CCO. The molecule has 0 heterocycles. The molecule has 0 aliphatic rings. The van der Waals surface area contributed by atoms with E-state index in [-0.39, 0.29) is 25.1 Å². The molecule has 0 spiro atoms. The molecule has 16 heavy (non-hydrogen) atoms. The Morgan fingerprint density at radius 2 is 2.00 bits per heavy atom. The molecule has 1 atom stereocenters. The fraction of sp³-hybridized carbons (Fsp3) is 0.500. The molecular weight excluding hydrogens is 209 g/mol. The Bertz CT molecular complexity index is 320. The summed E-state index contributed by atoms with van der Waals surface area (Å²) in [7, 11) is 1.81. The third-order valence-electron chi connectivity index (χ3n) is 2.67. The number of likely N-dealkylation sites (N-methyl/N-ethyl adjacent to an activating group) is 1. The van der Waals surface area contributed by atoms with E-state index in [0.717, 1.165) is 0 Å². The third kappa shape index (κ3) is 3.56. The number of halogens is 1. The van der Waals surface area contributed by atoms with Gasteiger partial charge in [-0.05, 0) is 19.5 Å². The van der Waals surface area contributed by atoms with Gasteiger partial charge in [0.25, 0.3) is 0 Å². The molecule has 1 aromatic carbocycles. The quantitative estimate of drug-likeness (QED) is 0.762. The first-order valence-corrected chi connectivity index (χ1v) is 5.34. The standard InChI is InChI=1S/C12H18FNO2/c1-14(11(9-16)6-7-15)8-10-4-2-3-5-12(10)13/h2-5,11,15-16H,6-9H2,1H3. The van der Waals surface area contributed by atoms with Gasteiger partial charge in [0.05, 0.1) is 6.61 Å². The largest absolute Gasteiger partial charge is 0.396 e. The zero-order chi connectivity index (χ0) is 12.0. The van der Waals surface area contributed by atoms with Gasteiger partial charge in [0.15, 0.2) is 0 Å². The van der Waals surface area contributed by atoms with Crippen molar-refractivity contribution in [3.05, 3.63) is 35.6 Å². The van der Waals surface area contributed by atoms with E-state index in [9.17, 15) is 4.39 Å². The van der Waals surface area contributed by atoms with Gasteiger partial charge in [-0.25, -0.2) is 4.39 Å². The van der Waals surface area contributed by atoms with E-state index in [0.29, 0.717) is 18.5 Å². The average molecular weight is 227 g/mol. The maximum absolute atomic E-state index is 13.4. The average Bonchev–Trinajstić information content (AvgIpc) is 2.29. The number of aliphatic hydroxyl groups excluding tert-OH is 2. The molecule has 0 saturated heterocycles. The van der Waals surface area contributed by atoms with Crippen LogP contribution in [0, 0.1) is 5.82 Å². The van der Waals surface area contributed by atoms with Gasteiger partial charge in [-0.1, -0.05) is 18.2 Å². The van der Waals surface area contributed by atoms with Crippen molar-refractivity contribution < 1.29 is 14.6 Å². The lowest BCUT2D eigenvalue weighted by Gasteiger charge is -2.25. The molecule has 0 bridgehead atoms. The van der Waals surface area contributed by atoms with Crippen LogP contribution in [0.25, 0.3) is 0 Å². The number of aliphatic hydroxyl groups is 2. The number of rotatable bonds is 6. The fourth-order valence-corrected chi connectivity index (χ4v) is 1.62. The number of hydrogen-bond donors (Lipinski definition) is 2. The van der Waals surface area contributed by atoms with Gasteiger partial charge >= 0.3 is 0 Å². The second-order valence-corrected chi connectivity index (χ2v) is 3.86. The summed E-state index contributed by atoms with van der Waals surface area (Å²) in [5.74, 6) is -0.241. The van der Waals surface area contributed by atoms with Crippen LogP contribution in [0.2, 0.25) is 0 Å². The molecule has 0 aliphatic heterocycles. The highest BCUT2D eigenvalue weighted by Gasteiger charge is 2.14. The smallest absolute Gasteiger partial charge is 0.127 e. The van der Waals surface area contributed by atoms with Crippen molar-refractivity contribution in [3.8, 4) is 0 Å². The Hall–Kier alpha value is -0.970. The summed E-state index contributed by atoms with van der Waals surface area (Å²) in [5, 5.41) is 18.0.